The minimum atomic E-state index is -0.621. The molecule has 0 atom stereocenters. The van der Waals surface area contributed by atoms with Crippen LogP contribution in [0.25, 0.3) is 111 Å². The zero-order valence-corrected chi connectivity index (χ0v) is 43.7. The summed E-state index contributed by atoms with van der Waals surface area (Å²) in [5.41, 5.74) is 28.5. The van der Waals surface area contributed by atoms with E-state index in [0.29, 0.717) is 0 Å². The summed E-state index contributed by atoms with van der Waals surface area (Å²) >= 11 is 0. The third kappa shape index (κ3) is 8.90. The fourth-order valence-corrected chi connectivity index (χ4v) is 12.2. The van der Waals surface area contributed by atoms with Gasteiger partial charge in [0.2, 0.25) is 0 Å². The lowest BCUT2D eigenvalue weighted by atomic mass is 9.67. The topological polar surface area (TPSA) is 0 Å². The van der Waals surface area contributed by atoms with Crippen molar-refractivity contribution >= 4 is 0 Å². The lowest BCUT2D eigenvalue weighted by Gasteiger charge is -2.34. The summed E-state index contributed by atoms with van der Waals surface area (Å²) in [5.74, 6) is 0. The lowest BCUT2D eigenvalue weighted by molar-refractivity contribution is 0.769. The van der Waals surface area contributed by atoms with Crippen LogP contribution in [0.4, 0.5) is 0 Å². The van der Waals surface area contributed by atoms with Gasteiger partial charge in [0.15, 0.2) is 0 Å². The predicted octanol–water partition coefficient (Wildman–Crippen LogP) is 21.1. The molecule has 79 heavy (non-hydrogen) atoms. The lowest BCUT2D eigenvalue weighted by Crippen LogP contribution is -2.28. The first-order chi connectivity index (χ1) is 39.1. The first-order valence-electron chi connectivity index (χ1n) is 27.4. The Bertz CT molecular complexity index is 3920. The number of hydrogen-bond acceptors (Lipinski definition) is 0. The molecular weight excluding hydrogens is 949 g/mol. The number of rotatable bonds is 11. The van der Waals surface area contributed by atoms with Crippen molar-refractivity contribution in [1.82, 2.24) is 0 Å². The fraction of sp³-hybridized carbons (Fsp3) is 0.0127. The van der Waals surface area contributed by atoms with E-state index in [1.165, 1.54) is 134 Å². The van der Waals surface area contributed by atoms with Crippen LogP contribution >= 0.6 is 0 Å². The van der Waals surface area contributed by atoms with E-state index in [1.807, 2.05) is 0 Å². The van der Waals surface area contributed by atoms with Gasteiger partial charge in [-0.3, -0.25) is 0 Å². The van der Waals surface area contributed by atoms with Gasteiger partial charge in [-0.1, -0.05) is 279 Å². The Hall–Kier alpha value is -10.1. The van der Waals surface area contributed by atoms with Crippen molar-refractivity contribution in [2.45, 2.75) is 5.41 Å². The molecule has 0 N–H and O–H groups in total. The Morgan fingerprint density at radius 1 is 0.139 bits per heavy atom. The van der Waals surface area contributed by atoms with Crippen LogP contribution in [-0.4, -0.2) is 0 Å². The van der Waals surface area contributed by atoms with Crippen molar-refractivity contribution in [3.8, 4) is 111 Å². The smallest absolute Gasteiger partial charge is 0.0622 e. The van der Waals surface area contributed by atoms with Crippen molar-refractivity contribution in [3.05, 3.63) is 350 Å². The van der Waals surface area contributed by atoms with E-state index in [-0.39, 0.29) is 0 Å². The van der Waals surface area contributed by atoms with E-state index in [0.717, 1.165) is 0 Å². The second kappa shape index (κ2) is 20.4. The molecule has 1 aliphatic rings. The monoisotopic (exact) mass is 1000 g/mol. The molecule has 0 heterocycles. The van der Waals surface area contributed by atoms with Gasteiger partial charge in [-0.2, -0.15) is 0 Å². The molecule has 0 nitrogen and oxygen atoms in total. The SMILES string of the molecule is c1ccc(-c2ccc(C3(c4ccccc4)c4cc(-c5ccc(-c6cc(-c7ccccc7)cc(-c7ccccc7)c6)cc5)ccc4-c4ccc(-c5ccc(-c6cc(-c7ccccc7)cc(-c7ccccc7)c6)cc5)cc43)cc2)cc1. The van der Waals surface area contributed by atoms with Gasteiger partial charge in [0.25, 0.3) is 0 Å². The molecule has 0 heteroatoms. The maximum absolute atomic E-state index is 2.48. The van der Waals surface area contributed by atoms with Crippen molar-refractivity contribution in [2.24, 2.45) is 0 Å². The predicted molar refractivity (Wildman–Crippen MR) is 333 cm³/mol. The summed E-state index contributed by atoms with van der Waals surface area (Å²) in [6.07, 6.45) is 0. The van der Waals surface area contributed by atoms with Gasteiger partial charge >= 0.3 is 0 Å². The normalized spacial score (nSPS) is 12.2. The Morgan fingerprint density at radius 3 is 0.646 bits per heavy atom. The van der Waals surface area contributed by atoms with Gasteiger partial charge in [-0.25, -0.2) is 0 Å². The minimum Gasteiger partial charge on any atom is -0.0622 e. The summed E-state index contributed by atoms with van der Waals surface area (Å²) in [6, 6.07) is 121. The quantitative estimate of drug-likeness (QED) is 0.121. The Balaban J connectivity index is 0.882. The minimum absolute atomic E-state index is 0.621. The van der Waals surface area contributed by atoms with Gasteiger partial charge in [0.1, 0.15) is 0 Å². The van der Waals surface area contributed by atoms with Crippen LogP contribution in [0, 0.1) is 0 Å². The third-order valence-corrected chi connectivity index (χ3v) is 16.2. The molecule has 0 unspecified atom stereocenters. The van der Waals surface area contributed by atoms with Crippen LogP contribution in [0.2, 0.25) is 0 Å². The van der Waals surface area contributed by atoms with Crippen molar-refractivity contribution in [3.63, 3.8) is 0 Å². The van der Waals surface area contributed by atoms with E-state index in [2.05, 4.69) is 328 Å². The third-order valence-electron chi connectivity index (χ3n) is 16.2. The fourth-order valence-electron chi connectivity index (χ4n) is 12.2. The van der Waals surface area contributed by atoms with Crippen molar-refractivity contribution < 1.29 is 0 Å². The molecule has 1 aliphatic carbocycles. The van der Waals surface area contributed by atoms with Crippen LogP contribution in [0.15, 0.2) is 328 Å². The average Bonchev–Trinajstić information content (AvgIpc) is 3.89. The zero-order valence-electron chi connectivity index (χ0n) is 43.7. The second-order valence-electron chi connectivity index (χ2n) is 20.8. The molecular formula is C79H54. The second-order valence-corrected chi connectivity index (χ2v) is 20.8. The summed E-state index contributed by atoms with van der Waals surface area (Å²) in [5, 5.41) is 0. The zero-order chi connectivity index (χ0) is 52.5. The standard InChI is InChI=1S/C79H54/c1-7-19-55(20-8-1)60-39-43-74(44-40-60)79(73-29-17-6-18-30-73)77-53-65(61-31-35-63(36-32-61)71-49-67(56-21-9-2-10-22-56)47-68(50-71)57-23-11-3-12-24-57)41-45-75(77)76-46-42-66(54-78(76)79)62-33-37-64(38-34-62)72-51-69(58-25-13-4-14-26-58)48-70(52-72)59-27-15-5-16-28-59/h1-54H. The maximum Gasteiger partial charge on any atom is 0.0714 e. The maximum atomic E-state index is 2.48. The summed E-state index contributed by atoms with van der Waals surface area (Å²) in [4.78, 5) is 0. The highest BCUT2D eigenvalue weighted by molar-refractivity contribution is 5.91. The van der Waals surface area contributed by atoms with E-state index < -0.39 is 5.41 Å². The number of fused-ring (bicyclic) bond motifs is 3. The van der Waals surface area contributed by atoms with Crippen molar-refractivity contribution in [2.75, 3.05) is 0 Å². The summed E-state index contributed by atoms with van der Waals surface area (Å²) in [7, 11) is 0. The van der Waals surface area contributed by atoms with Crippen LogP contribution in [0.5, 0.6) is 0 Å². The van der Waals surface area contributed by atoms with Gasteiger partial charge in [-0.15, -0.1) is 0 Å². The first-order valence-corrected chi connectivity index (χ1v) is 27.4. The Labute approximate surface area is 463 Å². The molecule has 0 aromatic heterocycles. The molecule has 0 amide bonds. The summed E-state index contributed by atoms with van der Waals surface area (Å²) < 4.78 is 0. The molecule has 0 radical (unpaired) electrons. The highest BCUT2D eigenvalue weighted by Gasteiger charge is 2.46. The first kappa shape index (κ1) is 47.3. The molecule has 0 saturated heterocycles. The molecule has 0 spiro atoms. The molecule has 0 aliphatic heterocycles. The number of hydrogen-bond donors (Lipinski definition) is 0. The van der Waals surface area contributed by atoms with E-state index in [9.17, 15) is 0 Å². The van der Waals surface area contributed by atoms with Crippen LogP contribution < -0.4 is 0 Å². The molecule has 370 valence electrons. The Kier molecular flexibility index (Phi) is 12.2. The van der Waals surface area contributed by atoms with Crippen LogP contribution in [0.3, 0.4) is 0 Å². The molecule has 0 saturated carbocycles. The largest absolute Gasteiger partial charge is 0.0714 e. The number of benzene rings is 13. The summed E-state index contributed by atoms with van der Waals surface area (Å²) in [6.45, 7) is 0. The molecule has 0 bridgehead atoms. The van der Waals surface area contributed by atoms with Gasteiger partial charge in [-0.05, 0) is 182 Å². The molecule has 0 fully saturated rings. The Morgan fingerprint density at radius 2 is 0.342 bits per heavy atom. The van der Waals surface area contributed by atoms with Gasteiger partial charge in [0, 0.05) is 0 Å². The average molecular weight is 1000 g/mol. The van der Waals surface area contributed by atoms with Crippen molar-refractivity contribution in [1.29, 1.82) is 0 Å². The molecule has 13 aromatic rings. The van der Waals surface area contributed by atoms with Crippen LogP contribution in [0.1, 0.15) is 22.3 Å². The van der Waals surface area contributed by atoms with E-state index >= 15 is 0 Å². The highest BCUT2D eigenvalue weighted by Crippen LogP contribution is 2.58. The molecule has 13 aromatic carbocycles. The van der Waals surface area contributed by atoms with E-state index in [4.69, 9.17) is 0 Å². The molecule has 14 rings (SSSR count). The van der Waals surface area contributed by atoms with E-state index in [1.54, 1.807) is 0 Å². The van der Waals surface area contributed by atoms with Gasteiger partial charge in [0.05, 0.1) is 5.41 Å². The van der Waals surface area contributed by atoms with Gasteiger partial charge < -0.3 is 0 Å². The van der Waals surface area contributed by atoms with Crippen LogP contribution in [-0.2, 0) is 5.41 Å². The highest BCUT2D eigenvalue weighted by atomic mass is 14.5.